The van der Waals surface area contributed by atoms with Crippen molar-refractivity contribution in [1.29, 1.82) is 0 Å². The summed E-state index contributed by atoms with van der Waals surface area (Å²) in [6, 6.07) is 11.1. The van der Waals surface area contributed by atoms with Gasteiger partial charge in [-0.2, -0.15) is 0 Å². The third-order valence-electron chi connectivity index (χ3n) is 5.76. The smallest absolute Gasteiger partial charge is 0.295 e. The number of aliphatic hydroxyl groups is 1. The maximum atomic E-state index is 13.2. The highest BCUT2D eigenvalue weighted by molar-refractivity contribution is 6.46. The largest absolute Gasteiger partial charge is 0.507 e. The lowest BCUT2D eigenvalue weighted by Gasteiger charge is -2.26. The Balaban J connectivity index is 2.08. The van der Waals surface area contributed by atoms with Crippen LogP contribution in [0.15, 0.2) is 60.7 Å². The number of benzene rings is 2. The summed E-state index contributed by atoms with van der Waals surface area (Å²) < 4.78 is 16.3. The van der Waals surface area contributed by atoms with Crippen molar-refractivity contribution in [1.82, 2.24) is 9.80 Å². The van der Waals surface area contributed by atoms with Gasteiger partial charge >= 0.3 is 0 Å². The van der Waals surface area contributed by atoms with E-state index in [-0.39, 0.29) is 11.3 Å². The molecule has 1 fully saturated rings. The molecule has 0 radical (unpaired) electrons. The molecule has 1 heterocycles. The number of methoxy groups -OCH3 is 2. The van der Waals surface area contributed by atoms with E-state index in [0.29, 0.717) is 47.9 Å². The summed E-state index contributed by atoms with van der Waals surface area (Å²) in [4.78, 5) is 29.8. The van der Waals surface area contributed by atoms with E-state index in [1.807, 2.05) is 19.0 Å². The Morgan fingerprint density at radius 2 is 1.77 bits per heavy atom. The van der Waals surface area contributed by atoms with Gasteiger partial charge in [0.1, 0.15) is 18.1 Å². The number of carbonyl (C=O) groups excluding carboxylic acids is 2. The number of carbonyl (C=O) groups is 2. The van der Waals surface area contributed by atoms with Crippen molar-refractivity contribution in [3.8, 4) is 17.2 Å². The van der Waals surface area contributed by atoms with Crippen LogP contribution in [0, 0.1) is 0 Å². The summed E-state index contributed by atoms with van der Waals surface area (Å²) in [5, 5.41) is 11.2. The molecule has 0 unspecified atom stereocenters. The Bertz CT molecular complexity index is 1110. The molecule has 8 heteroatoms. The minimum atomic E-state index is -0.770. The zero-order valence-corrected chi connectivity index (χ0v) is 20.6. The molecule has 0 bridgehead atoms. The van der Waals surface area contributed by atoms with E-state index in [4.69, 9.17) is 14.2 Å². The number of ketones is 1. The van der Waals surface area contributed by atoms with Gasteiger partial charge in [0, 0.05) is 12.1 Å². The van der Waals surface area contributed by atoms with Crippen molar-refractivity contribution in [3.05, 3.63) is 71.8 Å². The third kappa shape index (κ3) is 5.66. The van der Waals surface area contributed by atoms with Gasteiger partial charge in [-0.15, -0.1) is 0 Å². The maximum Gasteiger partial charge on any atom is 0.295 e. The molecule has 0 aliphatic carbocycles. The van der Waals surface area contributed by atoms with Crippen LogP contribution in [0.3, 0.4) is 0 Å². The van der Waals surface area contributed by atoms with Gasteiger partial charge in [0.15, 0.2) is 11.5 Å². The van der Waals surface area contributed by atoms with Crippen LogP contribution in [-0.4, -0.2) is 74.6 Å². The van der Waals surface area contributed by atoms with Crippen LogP contribution in [0.4, 0.5) is 0 Å². The van der Waals surface area contributed by atoms with E-state index in [1.165, 1.54) is 19.1 Å². The van der Waals surface area contributed by atoms with Crippen molar-refractivity contribution in [2.24, 2.45) is 0 Å². The fraction of sp³-hybridized carbons (Fsp3) is 0.333. The van der Waals surface area contributed by atoms with Gasteiger partial charge in [-0.25, -0.2) is 0 Å². The molecule has 1 saturated heterocycles. The van der Waals surface area contributed by atoms with Crippen molar-refractivity contribution in [3.63, 3.8) is 0 Å². The lowest BCUT2D eigenvalue weighted by atomic mass is 9.95. The number of aliphatic hydroxyl groups excluding tert-OH is 1. The van der Waals surface area contributed by atoms with Crippen LogP contribution in [0.25, 0.3) is 5.76 Å². The van der Waals surface area contributed by atoms with Crippen LogP contribution in [-0.2, 0) is 9.59 Å². The molecular weight excluding hydrogens is 448 g/mol. The third-order valence-corrected chi connectivity index (χ3v) is 5.76. The van der Waals surface area contributed by atoms with Gasteiger partial charge < -0.3 is 29.1 Å². The predicted molar refractivity (Wildman–Crippen MR) is 134 cm³/mol. The molecule has 1 aliphatic rings. The van der Waals surface area contributed by atoms with Gasteiger partial charge in [0.05, 0.1) is 25.8 Å². The standard InChI is InChI=1S/C27H32N2O6/c1-6-16-35-20-11-8-18(9-12-20)25(30)23-24(19-10-13-21(33-4)22(17-19)34-5)29(27(32)26(23)31)15-7-14-28(2)3/h6,8-13,17,24,30H,1,7,14-16H2,2-5H3/b25-23+/t24-/m1/s1. The SMILES string of the molecule is C=CCOc1ccc(/C(O)=C2\C(=O)C(=O)N(CCCN(C)C)[C@@H]2c2ccc(OC)c(OC)c2)cc1. The number of nitrogens with zero attached hydrogens (tertiary/aromatic N) is 2. The van der Waals surface area contributed by atoms with E-state index in [2.05, 4.69) is 6.58 Å². The molecule has 0 spiro atoms. The highest BCUT2D eigenvalue weighted by Crippen LogP contribution is 2.42. The second kappa shape index (κ2) is 11.6. The van der Waals surface area contributed by atoms with Gasteiger partial charge in [-0.05, 0) is 69.0 Å². The second-order valence-corrected chi connectivity index (χ2v) is 8.39. The van der Waals surface area contributed by atoms with Crippen molar-refractivity contribution in [2.75, 3.05) is 48.0 Å². The van der Waals surface area contributed by atoms with E-state index >= 15 is 0 Å². The maximum absolute atomic E-state index is 13.2. The van der Waals surface area contributed by atoms with Gasteiger partial charge in [-0.3, -0.25) is 9.59 Å². The quantitative estimate of drug-likeness (QED) is 0.227. The lowest BCUT2D eigenvalue weighted by Crippen LogP contribution is -2.32. The Kier molecular flexibility index (Phi) is 8.54. The van der Waals surface area contributed by atoms with Crippen LogP contribution in [0.1, 0.15) is 23.6 Å². The van der Waals surface area contributed by atoms with Gasteiger partial charge in [-0.1, -0.05) is 18.7 Å². The summed E-state index contributed by atoms with van der Waals surface area (Å²) in [6.45, 7) is 5.07. The minimum Gasteiger partial charge on any atom is -0.507 e. The number of ether oxygens (including phenoxy) is 3. The zero-order chi connectivity index (χ0) is 25.5. The topological polar surface area (TPSA) is 88.5 Å². The monoisotopic (exact) mass is 480 g/mol. The van der Waals surface area contributed by atoms with Gasteiger partial charge in [0.25, 0.3) is 11.7 Å². The predicted octanol–water partition coefficient (Wildman–Crippen LogP) is 3.64. The molecule has 1 amide bonds. The molecule has 2 aromatic rings. The highest BCUT2D eigenvalue weighted by Gasteiger charge is 2.46. The van der Waals surface area contributed by atoms with E-state index < -0.39 is 17.7 Å². The molecule has 0 aromatic heterocycles. The molecule has 35 heavy (non-hydrogen) atoms. The molecule has 186 valence electrons. The zero-order valence-electron chi connectivity index (χ0n) is 20.6. The minimum absolute atomic E-state index is 0.0341. The molecular formula is C27H32N2O6. The number of hydrogen-bond acceptors (Lipinski definition) is 7. The first-order valence-electron chi connectivity index (χ1n) is 11.3. The summed E-state index contributed by atoms with van der Waals surface area (Å²) in [5.74, 6) is -0.0192. The molecule has 1 N–H and O–H groups in total. The summed E-state index contributed by atoms with van der Waals surface area (Å²) >= 11 is 0. The van der Waals surface area contributed by atoms with Crippen molar-refractivity contribution in [2.45, 2.75) is 12.5 Å². The van der Waals surface area contributed by atoms with Crippen LogP contribution in [0.2, 0.25) is 0 Å². The van der Waals surface area contributed by atoms with Crippen LogP contribution < -0.4 is 14.2 Å². The highest BCUT2D eigenvalue weighted by atomic mass is 16.5. The second-order valence-electron chi connectivity index (χ2n) is 8.39. The Hall–Kier alpha value is -3.78. The fourth-order valence-corrected chi connectivity index (χ4v) is 4.06. The number of Topliss-reactive ketones (excluding diaryl/α,β-unsaturated/α-hetero) is 1. The van der Waals surface area contributed by atoms with Crippen molar-refractivity contribution < 1.29 is 28.9 Å². The summed E-state index contributed by atoms with van der Waals surface area (Å²) in [7, 11) is 6.95. The molecule has 3 rings (SSSR count). The first kappa shape index (κ1) is 25.8. The van der Waals surface area contributed by atoms with Crippen LogP contribution in [0.5, 0.6) is 17.2 Å². The molecule has 1 atom stereocenters. The molecule has 0 saturated carbocycles. The number of rotatable bonds is 11. The van der Waals surface area contributed by atoms with E-state index in [0.717, 1.165) is 6.54 Å². The number of likely N-dealkylation sites (tertiary alicyclic amines) is 1. The average Bonchev–Trinajstić information content (AvgIpc) is 3.11. The Morgan fingerprint density at radius 1 is 1.09 bits per heavy atom. The Morgan fingerprint density at radius 3 is 2.37 bits per heavy atom. The number of amides is 1. The van der Waals surface area contributed by atoms with Crippen molar-refractivity contribution >= 4 is 17.4 Å². The molecule has 1 aliphatic heterocycles. The van der Waals surface area contributed by atoms with Crippen LogP contribution >= 0.6 is 0 Å². The summed E-state index contributed by atoms with van der Waals surface area (Å²) in [6.07, 6.45) is 2.30. The Labute approximate surface area is 206 Å². The van der Waals surface area contributed by atoms with E-state index in [1.54, 1.807) is 48.5 Å². The van der Waals surface area contributed by atoms with Gasteiger partial charge in [0.2, 0.25) is 0 Å². The first-order chi connectivity index (χ1) is 16.8. The fourth-order valence-electron chi connectivity index (χ4n) is 4.06. The average molecular weight is 481 g/mol. The normalized spacial score (nSPS) is 17.1. The van der Waals surface area contributed by atoms with E-state index in [9.17, 15) is 14.7 Å². The number of hydrogen-bond donors (Lipinski definition) is 1. The summed E-state index contributed by atoms with van der Waals surface area (Å²) in [5.41, 5.74) is 1.08. The first-order valence-corrected chi connectivity index (χ1v) is 11.3. The lowest BCUT2D eigenvalue weighted by molar-refractivity contribution is -0.139. The molecule has 8 nitrogen and oxygen atoms in total. The molecule has 2 aromatic carbocycles.